The first-order valence-corrected chi connectivity index (χ1v) is 9.70. The van der Waals surface area contributed by atoms with Gasteiger partial charge in [-0.25, -0.2) is 0 Å². The van der Waals surface area contributed by atoms with E-state index >= 15 is 0 Å². The number of nitrogens with zero attached hydrogens (tertiary/aromatic N) is 1. The second-order valence-electron chi connectivity index (χ2n) is 7.23. The Morgan fingerprint density at radius 3 is 2.59 bits per heavy atom. The summed E-state index contributed by atoms with van der Waals surface area (Å²) < 4.78 is 0. The molecule has 1 atom stereocenters. The average Bonchev–Trinajstić information content (AvgIpc) is 3.16. The monoisotopic (exact) mass is 394 g/mol. The molecule has 1 aliphatic rings. The number of carbonyl (C=O) groups is 3. The predicted molar refractivity (Wildman–Crippen MR) is 111 cm³/mol. The first-order chi connectivity index (χ1) is 14.0. The van der Waals surface area contributed by atoms with Crippen LogP contribution in [0.15, 0.2) is 48.5 Å². The van der Waals surface area contributed by atoms with Gasteiger partial charge in [-0.05, 0) is 49.6 Å². The van der Waals surface area contributed by atoms with E-state index in [1.165, 1.54) is 0 Å². The van der Waals surface area contributed by atoms with Crippen molar-refractivity contribution < 1.29 is 14.4 Å². The number of likely N-dealkylation sites (tertiary alicyclic amines) is 1. The molecule has 0 aromatic heterocycles. The normalized spacial score (nSPS) is 16.4. The van der Waals surface area contributed by atoms with E-state index in [9.17, 15) is 14.4 Å². The molecule has 1 unspecified atom stereocenters. The summed E-state index contributed by atoms with van der Waals surface area (Å²) in [4.78, 5) is 38.3. The quantitative estimate of drug-likeness (QED) is 0.666. The number of amides is 3. The summed E-state index contributed by atoms with van der Waals surface area (Å²) in [5, 5.41) is 5.51. The summed E-state index contributed by atoms with van der Waals surface area (Å²) >= 11 is 0. The van der Waals surface area contributed by atoms with Crippen LogP contribution in [0.1, 0.15) is 34.3 Å². The highest BCUT2D eigenvalue weighted by Crippen LogP contribution is 2.23. The van der Waals surface area contributed by atoms with Gasteiger partial charge in [0.1, 0.15) is 0 Å². The van der Waals surface area contributed by atoms with Gasteiger partial charge in [-0.3, -0.25) is 19.3 Å². The minimum absolute atomic E-state index is 0.130. The molecule has 0 radical (unpaired) electrons. The van der Waals surface area contributed by atoms with Gasteiger partial charge in [-0.2, -0.15) is 0 Å². The lowest BCUT2D eigenvalue weighted by Crippen LogP contribution is -2.40. The minimum Gasteiger partial charge on any atom is -0.368 e. The zero-order valence-corrected chi connectivity index (χ0v) is 16.5. The van der Waals surface area contributed by atoms with E-state index in [0.29, 0.717) is 17.8 Å². The number of anilines is 1. The molecule has 1 heterocycles. The topological polar surface area (TPSA) is 105 Å². The summed E-state index contributed by atoms with van der Waals surface area (Å²) in [6, 6.07) is 14.4. The highest BCUT2D eigenvalue weighted by atomic mass is 16.2. The maximum absolute atomic E-state index is 12.4. The van der Waals surface area contributed by atoms with Crippen molar-refractivity contribution in [2.75, 3.05) is 18.4 Å². The smallest absolute Gasteiger partial charge is 0.251 e. The van der Waals surface area contributed by atoms with Crippen LogP contribution in [0.4, 0.5) is 5.69 Å². The van der Waals surface area contributed by atoms with Gasteiger partial charge in [0.25, 0.3) is 5.91 Å². The molecule has 4 N–H and O–H groups in total. The van der Waals surface area contributed by atoms with Crippen molar-refractivity contribution in [3.05, 3.63) is 65.2 Å². The molecule has 0 bridgehead atoms. The molecule has 2 aromatic carbocycles. The number of hydrogen-bond acceptors (Lipinski definition) is 4. The van der Waals surface area contributed by atoms with Crippen LogP contribution in [0.3, 0.4) is 0 Å². The third-order valence-electron chi connectivity index (χ3n) is 5.16. The number of aryl methyl sites for hydroxylation is 1. The van der Waals surface area contributed by atoms with Gasteiger partial charge >= 0.3 is 0 Å². The Balaban J connectivity index is 1.60. The third-order valence-corrected chi connectivity index (χ3v) is 5.16. The largest absolute Gasteiger partial charge is 0.368 e. The molecular weight excluding hydrogens is 368 g/mol. The summed E-state index contributed by atoms with van der Waals surface area (Å²) in [5.74, 6) is -0.914. The molecule has 1 aliphatic heterocycles. The molecule has 0 aliphatic carbocycles. The van der Waals surface area contributed by atoms with E-state index in [1.54, 1.807) is 12.1 Å². The average molecular weight is 394 g/mol. The predicted octanol–water partition coefficient (Wildman–Crippen LogP) is 1.81. The number of hydrogen-bond donors (Lipinski definition) is 3. The first kappa shape index (κ1) is 20.5. The first-order valence-electron chi connectivity index (χ1n) is 9.70. The second-order valence-corrected chi connectivity index (χ2v) is 7.23. The molecule has 7 nitrogen and oxygen atoms in total. The molecule has 2 aromatic rings. The lowest BCUT2D eigenvalue weighted by molar-refractivity contribution is -0.122. The maximum Gasteiger partial charge on any atom is 0.251 e. The Kier molecular flexibility index (Phi) is 6.61. The second kappa shape index (κ2) is 9.34. The van der Waals surface area contributed by atoms with E-state index in [0.717, 1.165) is 30.5 Å². The van der Waals surface area contributed by atoms with E-state index in [1.807, 2.05) is 48.2 Å². The molecule has 0 spiro atoms. The standard InChI is InChI=1S/C22H26N4O3/c1-15-7-2-4-9-17(15)22(29)24-13-20(27)25-18-10-5-3-8-16(18)14-26-12-6-11-19(26)21(23)28/h2-5,7-10,19H,6,11-14H2,1H3,(H2,23,28)(H,24,29)(H,25,27). The van der Waals surface area contributed by atoms with Gasteiger partial charge in [0.15, 0.2) is 0 Å². The molecule has 1 fully saturated rings. The Morgan fingerprint density at radius 1 is 1.10 bits per heavy atom. The highest BCUT2D eigenvalue weighted by molar-refractivity contribution is 6.00. The summed E-state index contributed by atoms with van der Waals surface area (Å²) in [6.45, 7) is 3.04. The van der Waals surface area contributed by atoms with Crippen molar-refractivity contribution >= 4 is 23.4 Å². The summed E-state index contributed by atoms with van der Waals surface area (Å²) in [7, 11) is 0. The number of carbonyl (C=O) groups excluding carboxylic acids is 3. The van der Waals surface area contributed by atoms with Crippen LogP contribution >= 0.6 is 0 Å². The lowest BCUT2D eigenvalue weighted by Gasteiger charge is -2.23. The Labute approximate surface area is 170 Å². The minimum atomic E-state index is -0.317. The van der Waals surface area contributed by atoms with Crippen LogP contribution in [0.25, 0.3) is 0 Å². The molecule has 152 valence electrons. The molecule has 3 rings (SSSR count). The van der Waals surface area contributed by atoms with Crippen LogP contribution in [0, 0.1) is 6.92 Å². The van der Waals surface area contributed by atoms with Crippen molar-refractivity contribution in [3.63, 3.8) is 0 Å². The van der Waals surface area contributed by atoms with E-state index in [2.05, 4.69) is 10.6 Å². The van der Waals surface area contributed by atoms with Gasteiger partial charge in [-0.15, -0.1) is 0 Å². The Hall–Kier alpha value is -3.19. The molecule has 29 heavy (non-hydrogen) atoms. The Morgan fingerprint density at radius 2 is 1.83 bits per heavy atom. The van der Waals surface area contributed by atoms with Gasteiger partial charge < -0.3 is 16.4 Å². The zero-order chi connectivity index (χ0) is 20.8. The molecule has 1 saturated heterocycles. The van der Waals surface area contributed by atoms with Crippen molar-refractivity contribution in [1.82, 2.24) is 10.2 Å². The molecular formula is C22H26N4O3. The molecule has 0 saturated carbocycles. The SMILES string of the molecule is Cc1ccccc1C(=O)NCC(=O)Nc1ccccc1CN1CCCC1C(N)=O. The fourth-order valence-corrected chi connectivity index (χ4v) is 3.61. The van der Waals surface area contributed by atoms with Crippen LogP contribution in [-0.2, 0) is 16.1 Å². The third kappa shape index (κ3) is 5.20. The fourth-order valence-electron chi connectivity index (χ4n) is 3.61. The van der Waals surface area contributed by atoms with Crippen molar-refractivity contribution in [1.29, 1.82) is 0 Å². The van der Waals surface area contributed by atoms with Crippen molar-refractivity contribution in [3.8, 4) is 0 Å². The van der Waals surface area contributed by atoms with E-state index in [4.69, 9.17) is 5.73 Å². The molecule has 3 amide bonds. The van der Waals surface area contributed by atoms with Crippen LogP contribution in [0.2, 0.25) is 0 Å². The zero-order valence-electron chi connectivity index (χ0n) is 16.5. The summed E-state index contributed by atoms with van der Waals surface area (Å²) in [5.41, 5.74) is 8.46. The highest BCUT2D eigenvalue weighted by Gasteiger charge is 2.29. The number of para-hydroxylation sites is 1. The van der Waals surface area contributed by atoms with Crippen LogP contribution in [0.5, 0.6) is 0 Å². The fraction of sp³-hybridized carbons (Fsp3) is 0.318. The number of nitrogens with two attached hydrogens (primary N) is 1. The van der Waals surface area contributed by atoms with Gasteiger partial charge in [0.05, 0.1) is 12.6 Å². The molecule has 7 heteroatoms. The maximum atomic E-state index is 12.4. The lowest BCUT2D eigenvalue weighted by atomic mass is 10.1. The van der Waals surface area contributed by atoms with Gasteiger partial charge in [0, 0.05) is 17.8 Å². The van der Waals surface area contributed by atoms with E-state index in [-0.39, 0.29) is 30.3 Å². The van der Waals surface area contributed by atoms with E-state index < -0.39 is 0 Å². The summed E-state index contributed by atoms with van der Waals surface area (Å²) in [6.07, 6.45) is 1.68. The Bertz CT molecular complexity index is 912. The van der Waals surface area contributed by atoms with Crippen LogP contribution in [-0.4, -0.2) is 41.8 Å². The van der Waals surface area contributed by atoms with Crippen molar-refractivity contribution in [2.45, 2.75) is 32.4 Å². The van der Waals surface area contributed by atoms with Gasteiger partial charge in [0.2, 0.25) is 11.8 Å². The number of rotatable bonds is 7. The number of nitrogens with one attached hydrogen (secondary N) is 2. The van der Waals surface area contributed by atoms with Crippen LogP contribution < -0.4 is 16.4 Å². The number of primary amides is 1. The number of benzene rings is 2. The van der Waals surface area contributed by atoms with Crippen molar-refractivity contribution in [2.24, 2.45) is 5.73 Å². The van der Waals surface area contributed by atoms with Gasteiger partial charge in [-0.1, -0.05) is 36.4 Å².